The van der Waals surface area contributed by atoms with Crippen LogP contribution in [0.3, 0.4) is 0 Å². The Morgan fingerprint density at radius 1 is 1.10 bits per heavy atom. The summed E-state index contributed by atoms with van der Waals surface area (Å²) in [6.07, 6.45) is 4.10. The molecule has 0 spiro atoms. The number of hydrogen-bond donors (Lipinski definition) is 3. The second-order valence-corrected chi connectivity index (χ2v) is 6.94. The number of fused-ring (bicyclic) bond motifs is 1. The molecule has 0 bridgehead atoms. The molecule has 2 aromatic carbocycles. The summed E-state index contributed by atoms with van der Waals surface area (Å²) in [5.41, 5.74) is 8.57. The van der Waals surface area contributed by atoms with Crippen molar-refractivity contribution in [1.29, 1.82) is 0 Å². The van der Waals surface area contributed by atoms with Crippen LogP contribution in [0.5, 0.6) is 0 Å². The lowest BCUT2D eigenvalue weighted by Crippen LogP contribution is -2.30. The van der Waals surface area contributed by atoms with Crippen molar-refractivity contribution in [3.63, 3.8) is 0 Å². The summed E-state index contributed by atoms with van der Waals surface area (Å²) in [6.45, 7) is 2.12. The minimum Gasteiger partial charge on any atom is -0.364 e. The summed E-state index contributed by atoms with van der Waals surface area (Å²) in [4.78, 5) is 41.4. The monoisotopic (exact) mass is 402 g/mol. The van der Waals surface area contributed by atoms with Crippen LogP contribution in [0.25, 0.3) is 11.0 Å². The number of primary amides is 1. The van der Waals surface area contributed by atoms with Crippen LogP contribution < -0.4 is 10.6 Å². The fourth-order valence-corrected chi connectivity index (χ4v) is 3.43. The fraction of sp³-hybridized carbons (Fsp3) is 0.182. The lowest BCUT2D eigenvalue weighted by atomic mass is 10.1. The highest BCUT2D eigenvalue weighted by Gasteiger charge is 2.29. The molecule has 0 saturated carbocycles. The number of rotatable bonds is 7. The van der Waals surface area contributed by atoms with E-state index in [-0.39, 0.29) is 11.4 Å². The Morgan fingerprint density at radius 2 is 1.87 bits per heavy atom. The van der Waals surface area contributed by atoms with E-state index in [0.29, 0.717) is 11.6 Å². The van der Waals surface area contributed by atoms with E-state index in [0.717, 1.165) is 35.9 Å². The van der Waals surface area contributed by atoms with Crippen molar-refractivity contribution in [3.05, 3.63) is 71.8 Å². The molecular formula is C22H22N6O2. The lowest BCUT2D eigenvalue weighted by Gasteiger charge is -2.22. The number of benzene rings is 2. The van der Waals surface area contributed by atoms with Gasteiger partial charge in [-0.05, 0) is 36.6 Å². The van der Waals surface area contributed by atoms with Crippen LogP contribution in [0.1, 0.15) is 46.3 Å². The van der Waals surface area contributed by atoms with Gasteiger partial charge in [0.2, 0.25) is 5.95 Å². The number of carbonyl (C=O) groups is 2. The molecule has 0 unspecified atom stereocenters. The smallest absolute Gasteiger partial charge is 0.284 e. The third-order valence-electron chi connectivity index (χ3n) is 4.91. The third kappa shape index (κ3) is 3.55. The van der Waals surface area contributed by atoms with E-state index in [1.165, 1.54) is 11.2 Å². The minimum atomic E-state index is -0.775. The first kappa shape index (κ1) is 19.4. The zero-order valence-corrected chi connectivity index (χ0v) is 16.6. The number of unbranched alkanes of at least 4 members (excludes halogenated alkanes) is 1. The Bertz CT molecular complexity index is 1180. The highest BCUT2D eigenvalue weighted by molar-refractivity contribution is 6.14. The molecule has 0 aliphatic rings. The van der Waals surface area contributed by atoms with Crippen LogP contribution in [-0.2, 0) is 6.42 Å². The van der Waals surface area contributed by atoms with Crippen molar-refractivity contribution in [2.75, 3.05) is 4.90 Å². The van der Waals surface area contributed by atoms with Gasteiger partial charge in [-0.25, -0.2) is 14.9 Å². The molecule has 0 radical (unpaired) electrons. The molecule has 4 rings (SSSR count). The van der Waals surface area contributed by atoms with Gasteiger partial charge in [0.1, 0.15) is 5.69 Å². The second kappa shape index (κ2) is 8.20. The number of amides is 2. The Morgan fingerprint density at radius 3 is 2.63 bits per heavy atom. The highest BCUT2D eigenvalue weighted by atomic mass is 16.2. The van der Waals surface area contributed by atoms with Gasteiger partial charge in [-0.15, -0.1) is 0 Å². The van der Waals surface area contributed by atoms with Gasteiger partial charge in [0, 0.05) is 0 Å². The van der Waals surface area contributed by atoms with Crippen molar-refractivity contribution in [2.24, 2.45) is 5.73 Å². The standard InChI is InChI=1S/C22H22N6O2/c1-2-3-8-14-9-4-7-12-17(14)28(21(30)19-18(20(23)29)24-13-25-19)22-26-15-10-5-6-11-16(15)27-22/h4-7,9-13H,2-3,8H2,1H3,(H2,23,29)(H,24,25)(H,26,27). The topological polar surface area (TPSA) is 121 Å². The summed E-state index contributed by atoms with van der Waals surface area (Å²) in [5, 5.41) is 0. The van der Waals surface area contributed by atoms with E-state index in [2.05, 4.69) is 26.9 Å². The van der Waals surface area contributed by atoms with Crippen molar-refractivity contribution in [2.45, 2.75) is 26.2 Å². The number of para-hydroxylation sites is 3. The molecule has 0 atom stereocenters. The maximum absolute atomic E-state index is 13.6. The number of imidazole rings is 2. The molecule has 4 aromatic rings. The number of nitrogens with one attached hydrogen (secondary N) is 2. The van der Waals surface area contributed by atoms with Crippen LogP contribution >= 0.6 is 0 Å². The lowest BCUT2D eigenvalue weighted by molar-refractivity contribution is 0.0961. The van der Waals surface area contributed by atoms with Crippen LogP contribution in [0.2, 0.25) is 0 Å². The number of anilines is 2. The molecule has 2 aromatic heterocycles. The third-order valence-corrected chi connectivity index (χ3v) is 4.91. The SMILES string of the molecule is CCCCc1ccccc1N(C(=O)c1[nH]cnc1C(N)=O)c1nc2ccccc2[nH]1. The Balaban J connectivity index is 1.88. The van der Waals surface area contributed by atoms with Gasteiger partial charge in [-0.3, -0.25) is 9.59 Å². The molecule has 8 nitrogen and oxygen atoms in total. The number of nitrogens with zero attached hydrogens (tertiary/aromatic N) is 3. The van der Waals surface area contributed by atoms with E-state index in [1.807, 2.05) is 48.5 Å². The van der Waals surface area contributed by atoms with Crippen molar-refractivity contribution >= 4 is 34.5 Å². The highest BCUT2D eigenvalue weighted by Crippen LogP contribution is 2.31. The molecule has 2 amide bonds. The Kier molecular flexibility index (Phi) is 5.30. The van der Waals surface area contributed by atoms with E-state index in [9.17, 15) is 9.59 Å². The minimum absolute atomic E-state index is 0.0215. The summed E-state index contributed by atoms with van der Waals surface area (Å²) in [5.74, 6) is -0.886. The molecule has 8 heteroatoms. The van der Waals surface area contributed by atoms with E-state index < -0.39 is 11.8 Å². The number of nitrogens with two attached hydrogens (primary N) is 1. The maximum Gasteiger partial charge on any atom is 0.284 e. The zero-order valence-electron chi connectivity index (χ0n) is 16.6. The average Bonchev–Trinajstić information content (AvgIpc) is 3.40. The second-order valence-electron chi connectivity index (χ2n) is 6.94. The first-order chi connectivity index (χ1) is 14.6. The normalized spacial score (nSPS) is 11.0. The predicted octanol–water partition coefficient (Wildman–Crippen LogP) is 3.71. The largest absolute Gasteiger partial charge is 0.364 e. The molecular weight excluding hydrogens is 380 g/mol. The average molecular weight is 402 g/mol. The van der Waals surface area contributed by atoms with Crippen molar-refractivity contribution in [1.82, 2.24) is 19.9 Å². The molecule has 152 valence electrons. The Hall–Kier alpha value is -3.94. The first-order valence-electron chi connectivity index (χ1n) is 9.80. The van der Waals surface area contributed by atoms with E-state index in [1.54, 1.807) is 0 Å². The van der Waals surface area contributed by atoms with Gasteiger partial charge < -0.3 is 15.7 Å². The van der Waals surface area contributed by atoms with Crippen molar-refractivity contribution in [3.8, 4) is 0 Å². The summed E-state index contributed by atoms with van der Waals surface area (Å²) in [7, 11) is 0. The van der Waals surface area contributed by atoms with Gasteiger partial charge in [0.15, 0.2) is 5.69 Å². The molecule has 0 saturated heterocycles. The number of aromatic nitrogens is 4. The molecule has 30 heavy (non-hydrogen) atoms. The zero-order chi connectivity index (χ0) is 21.1. The number of carbonyl (C=O) groups excluding carboxylic acids is 2. The van der Waals surface area contributed by atoms with Gasteiger partial charge >= 0.3 is 0 Å². The summed E-state index contributed by atoms with van der Waals surface area (Å²) >= 11 is 0. The molecule has 2 heterocycles. The number of aryl methyl sites for hydroxylation is 1. The van der Waals surface area contributed by atoms with Crippen LogP contribution in [-0.4, -0.2) is 31.8 Å². The number of aromatic amines is 2. The van der Waals surface area contributed by atoms with Crippen LogP contribution in [0.15, 0.2) is 54.9 Å². The fourth-order valence-electron chi connectivity index (χ4n) is 3.43. The summed E-state index contributed by atoms with van der Waals surface area (Å²) < 4.78 is 0. The van der Waals surface area contributed by atoms with Gasteiger partial charge in [-0.1, -0.05) is 43.7 Å². The van der Waals surface area contributed by atoms with E-state index >= 15 is 0 Å². The molecule has 0 aliphatic heterocycles. The Labute approximate surface area is 173 Å². The number of hydrogen-bond acceptors (Lipinski definition) is 4. The van der Waals surface area contributed by atoms with Gasteiger partial charge in [-0.2, -0.15) is 0 Å². The van der Waals surface area contributed by atoms with Crippen LogP contribution in [0.4, 0.5) is 11.6 Å². The number of H-pyrrole nitrogens is 2. The predicted molar refractivity (Wildman–Crippen MR) is 115 cm³/mol. The van der Waals surface area contributed by atoms with Gasteiger partial charge in [0.05, 0.1) is 23.0 Å². The van der Waals surface area contributed by atoms with Gasteiger partial charge in [0.25, 0.3) is 11.8 Å². The quantitative estimate of drug-likeness (QED) is 0.436. The molecule has 0 aliphatic carbocycles. The maximum atomic E-state index is 13.6. The van der Waals surface area contributed by atoms with Crippen LogP contribution in [0, 0.1) is 0 Å². The van der Waals surface area contributed by atoms with Crippen molar-refractivity contribution < 1.29 is 9.59 Å². The first-order valence-corrected chi connectivity index (χ1v) is 9.80. The summed E-state index contributed by atoms with van der Waals surface area (Å²) in [6, 6.07) is 15.2. The molecule has 4 N–H and O–H groups in total. The van der Waals surface area contributed by atoms with E-state index in [4.69, 9.17) is 5.73 Å². The molecule has 0 fully saturated rings.